The lowest BCUT2D eigenvalue weighted by Gasteiger charge is -2.35. The first-order valence-corrected chi connectivity index (χ1v) is 16.7. The fraction of sp³-hybridized carbons (Fsp3) is 0.378. The van der Waals surface area contributed by atoms with Crippen molar-refractivity contribution in [1.82, 2.24) is 4.90 Å². The maximum atomic E-state index is 13.0. The second-order valence-electron chi connectivity index (χ2n) is 13.1. The minimum atomic E-state index is -0.542. The Balaban J connectivity index is 0.876. The molecule has 0 N–H and O–H groups in total. The number of hydrogen-bond acceptors (Lipinski definition) is 8. The van der Waals surface area contributed by atoms with E-state index in [2.05, 4.69) is 25.8 Å². The number of cyclic esters (lactones) is 2. The Hall–Kier alpha value is -4.52. The zero-order valence-corrected chi connectivity index (χ0v) is 27.1. The van der Waals surface area contributed by atoms with E-state index in [-0.39, 0.29) is 5.91 Å². The number of carbonyl (C=O) groups is 3. The summed E-state index contributed by atoms with van der Waals surface area (Å²) in [6, 6.07) is 19.5. The third kappa shape index (κ3) is 6.40. The Morgan fingerprint density at radius 2 is 1.60 bits per heavy atom. The minimum absolute atomic E-state index is 0.186. The van der Waals surface area contributed by atoms with E-state index in [0.717, 1.165) is 99.5 Å². The van der Waals surface area contributed by atoms with Crippen LogP contribution in [0.3, 0.4) is 0 Å². The highest BCUT2D eigenvalue weighted by atomic mass is 35.5. The molecule has 1 amide bonds. The molecule has 0 atom stereocenters. The van der Waals surface area contributed by atoms with Crippen molar-refractivity contribution in [3.63, 3.8) is 0 Å². The molecule has 0 spiro atoms. The van der Waals surface area contributed by atoms with Crippen molar-refractivity contribution >= 4 is 46.5 Å². The lowest BCUT2D eigenvalue weighted by molar-refractivity contribution is 0.0443. The van der Waals surface area contributed by atoms with Crippen LogP contribution in [-0.2, 0) is 17.8 Å². The highest BCUT2D eigenvalue weighted by molar-refractivity contribution is 6.32. The van der Waals surface area contributed by atoms with E-state index in [9.17, 15) is 14.4 Å². The molecule has 7 rings (SSSR count). The fourth-order valence-electron chi connectivity index (χ4n) is 7.40. The topological polar surface area (TPSA) is 106 Å². The van der Waals surface area contributed by atoms with Gasteiger partial charge in [0, 0.05) is 68.5 Å². The van der Waals surface area contributed by atoms with Crippen LogP contribution in [0.4, 0.5) is 11.4 Å². The minimum Gasteiger partial charge on any atom is -0.386 e. The van der Waals surface area contributed by atoms with Crippen LogP contribution >= 0.6 is 11.6 Å². The van der Waals surface area contributed by atoms with Gasteiger partial charge >= 0.3 is 11.9 Å². The molecule has 0 aromatic heterocycles. The number of fused-ring (bicyclic) bond motifs is 2. The van der Waals surface area contributed by atoms with Gasteiger partial charge in [0.15, 0.2) is 0 Å². The van der Waals surface area contributed by atoms with Crippen molar-refractivity contribution in [3.8, 4) is 6.07 Å². The number of nitrogens with zero attached hydrogens (tertiary/aromatic N) is 5. The van der Waals surface area contributed by atoms with Gasteiger partial charge in [0.25, 0.3) is 5.91 Å². The predicted octanol–water partition coefficient (Wildman–Crippen LogP) is 6.41. The summed E-state index contributed by atoms with van der Waals surface area (Å²) >= 11 is 6.24. The Morgan fingerprint density at radius 3 is 2.19 bits per heavy atom. The molecule has 47 heavy (non-hydrogen) atoms. The molecule has 3 aromatic carbocycles. The van der Waals surface area contributed by atoms with E-state index < -0.39 is 11.9 Å². The Labute approximate surface area is 279 Å². The number of halogens is 1. The summed E-state index contributed by atoms with van der Waals surface area (Å²) in [5.41, 5.74) is 7.14. The van der Waals surface area contributed by atoms with E-state index >= 15 is 0 Å². The van der Waals surface area contributed by atoms with Crippen LogP contribution < -0.4 is 9.80 Å². The number of piperidine rings is 1. The van der Waals surface area contributed by atoms with E-state index in [1.165, 1.54) is 0 Å². The highest BCUT2D eigenvalue weighted by Crippen LogP contribution is 2.33. The molecule has 1 aliphatic carbocycles. The summed E-state index contributed by atoms with van der Waals surface area (Å²) < 4.78 is 4.75. The zero-order chi connectivity index (χ0) is 32.7. The average molecular weight is 650 g/mol. The van der Waals surface area contributed by atoms with Crippen LogP contribution in [0.2, 0.25) is 5.02 Å². The number of hydrogen-bond donors (Lipinski definition) is 0. The van der Waals surface area contributed by atoms with Crippen LogP contribution in [-0.4, -0.2) is 61.2 Å². The summed E-state index contributed by atoms with van der Waals surface area (Å²) in [5, 5.41) is 9.60. The van der Waals surface area contributed by atoms with Crippen molar-refractivity contribution in [3.05, 3.63) is 93.0 Å². The van der Waals surface area contributed by atoms with Crippen LogP contribution in [0.5, 0.6) is 0 Å². The molecule has 3 aliphatic heterocycles. The zero-order valence-electron chi connectivity index (χ0n) is 26.4. The van der Waals surface area contributed by atoms with Crippen LogP contribution in [0.15, 0.2) is 59.6 Å². The number of rotatable bonds is 6. The van der Waals surface area contributed by atoms with E-state index in [4.69, 9.17) is 21.6 Å². The molecular formula is C37H36ClN5O4. The van der Waals surface area contributed by atoms with Gasteiger partial charge in [0.2, 0.25) is 0 Å². The summed E-state index contributed by atoms with van der Waals surface area (Å²) in [4.78, 5) is 48.4. The van der Waals surface area contributed by atoms with Gasteiger partial charge in [-0.25, -0.2) is 14.6 Å². The first-order valence-electron chi connectivity index (χ1n) is 16.3. The first kappa shape index (κ1) is 31.1. The van der Waals surface area contributed by atoms with Gasteiger partial charge < -0.3 is 14.5 Å². The van der Waals surface area contributed by atoms with Gasteiger partial charge in [-0.3, -0.25) is 9.69 Å². The van der Waals surface area contributed by atoms with Crippen LogP contribution in [0.1, 0.15) is 86.3 Å². The maximum absolute atomic E-state index is 13.0. The lowest BCUT2D eigenvalue weighted by atomic mass is 9.92. The second-order valence-corrected chi connectivity index (χ2v) is 13.5. The van der Waals surface area contributed by atoms with Gasteiger partial charge in [-0.1, -0.05) is 11.6 Å². The number of amides is 1. The largest absolute Gasteiger partial charge is 0.386 e. The van der Waals surface area contributed by atoms with Crippen molar-refractivity contribution in [2.45, 2.75) is 57.7 Å². The number of ether oxygens (including phenoxy) is 1. The molecule has 240 valence electrons. The van der Waals surface area contributed by atoms with Gasteiger partial charge in [0.05, 0.1) is 21.7 Å². The first-order chi connectivity index (χ1) is 22.7. The van der Waals surface area contributed by atoms with Crippen molar-refractivity contribution in [2.24, 2.45) is 10.9 Å². The SMILES string of the molecule is CN(c1ccc(C#N)c(Cl)c1)C1CCC(=NC(=O)c2ccc(N3CCC(CN4Cc5cc6c(cc5C4)C(=O)OC6=O)CC3)cc2)CC1. The molecule has 0 radical (unpaired) electrons. The van der Waals surface area contributed by atoms with E-state index in [1.807, 2.05) is 55.6 Å². The van der Waals surface area contributed by atoms with Crippen LogP contribution in [0, 0.1) is 17.2 Å². The third-order valence-corrected chi connectivity index (χ3v) is 10.5. The predicted molar refractivity (Wildman–Crippen MR) is 180 cm³/mol. The summed E-state index contributed by atoms with van der Waals surface area (Å²) in [5.74, 6) is -0.694. The van der Waals surface area contributed by atoms with Crippen molar-refractivity contribution < 1.29 is 19.1 Å². The second kappa shape index (κ2) is 12.9. The molecule has 1 saturated carbocycles. The molecule has 2 fully saturated rings. The lowest BCUT2D eigenvalue weighted by Crippen LogP contribution is -2.37. The summed E-state index contributed by atoms with van der Waals surface area (Å²) in [6.45, 7) is 4.48. The molecule has 9 nitrogen and oxygen atoms in total. The number of carbonyl (C=O) groups excluding carboxylic acids is 3. The molecule has 10 heteroatoms. The maximum Gasteiger partial charge on any atom is 0.346 e. The van der Waals surface area contributed by atoms with Crippen molar-refractivity contribution in [1.29, 1.82) is 5.26 Å². The number of esters is 2. The van der Waals surface area contributed by atoms with Crippen LogP contribution in [0.25, 0.3) is 0 Å². The van der Waals surface area contributed by atoms with E-state index in [1.54, 1.807) is 6.07 Å². The quantitative estimate of drug-likeness (QED) is 0.223. The Morgan fingerprint density at radius 1 is 0.957 bits per heavy atom. The Kier molecular flexibility index (Phi) is 8.56. The molecule has 1 saturated heterocycles. The van der Waals surface area contributed by atoms with Gasteiger partial charge in [-0.2, -0.15) is 5.26 Å². The van der Waals surface area contributed by atoms with Gasteiger partial charge in [-0.15, -0.1) is 0 Å². The molecule has 3 aromatic rings. The smallest absolute Gasteiger partial charge is 0.346 e. The van der Waals surface area contributed by atoms with Crippen molar-refractivity contribution in [2.75, 3.05) is 36.5 Å². The molecule has 4 aliphatic rings. The number of benzene rings is 3. The molecule has 3 heterocycles. The summed E-state index contributed by atoms with van der Waals surface area (Å²) in [6.07, 6.45) is 5.52. The molecule has 0 bridgehead atoms. The molecule has 0 unspecified atom stereocenters. The standard InChI is InChI=1S/C37H36ClN5O4/c1-41(31-9-4-25(19-39)34(38)18-31)29-10-5-28(6-11-29)40-35(44)24-2-7-30(8-3-24)43-14-12-23(13-15-43)20-42-21-26-16-32-33(17-27(26)22-42)37(46)47-36(32)45/h2-4,7-9,16-18,23,29H,5-6,10-15,20-22H2,1H3. The average Bonchev–Trinajstić information content (AvgIpc) is 3.61. The fourth-order valence-corrected chi connectivity index (χ4v) is 7.62. The normalized spacial score (nSPS) is 19.6. The molecular weight excluding hydrogens is 614 g/mol. The summed E-state index contributed by atoms with van der Waals surface area (Å²) in [7, 11) is 2.04. The van der Waals surface area contributed by atoms with Gasteiger partial charge in [-0.05, 0) is 110 Å². The monoisotopic (exact) mass is 649 g/mol. The van der Waals surface area contributed by atoms with Gasteiger partial charge in [0.1, 0.15) is 6.07 Å². The Bertz CT molecular complexity index is 1770. The van der Waals surface area contributed by atoms with E-state index in [0.29, 0.717) is 39.2 Å². The number of nitriles is 1. The number of anilines is 2. The third-order valence-electron chi connectivity index (χ3n) is 10.2. The highest BCUT2D eigenvalue weighted by Gasteiger charge is 2.34. The number of aliphatic imine (C=N–C) groups is 1.